The number of rotatable bonds is 5. The van der Waals surface area contributed by atoms with Gasteiger partial charge in [0, 0.05) is 17.0 Å². The predicted octanol–water partition coefficient (Wildman–Crippen LogP) is 3.10. The Morgan fingerprint density at radius 1 is 1.21 bits per heavy atom. The predicted molar refractivity (Wildman–Crippen MR) is 108 cm³/mol. The standard InChI is InChI=1S/C19H19F3N6S/c20-19(21,22)14-3-1-2-11(6-14)7-15(23)10-28-18(24)29-17(27-28)12-4-5-16-13(8-12)9-25-26-16/h1-6,8-9,15,18H,7,10,23-24H2,(H,25,26)/t15-,18?/m1/s1. The monoisotopic (exact) mass is 420 g/mol. The van der Waals surface area contributed by atoms with E-state index in [-0.39, 0.29) is 0 Å². The molecule has 29 heavy (non-hydrogen) atoms. The fourth-order valence-corrected chi connectivity index (χ4v) is 4.10. The van der Waals surface area contributed by atoms with E-state index >= 15 is 0 Å². The van der Waals surface area contributed by atoms with Crippen LogP contribution >= 0.6 is 11.8 Å². The highest BCUT2D eigenvalue weighted by molar-refractivity contribution is 8.15. The van der Waals surface area contributed by atoms with Crippen molar-refractivity contribution in [2.45, 2.75) is 24.1 Å². The lowest BCUT2D eigenvalue weighted by molar-refractivity contribution is -0.137. The number of hydrogen-bond acceptors (Lipinski definition) is 6. The maximum atomic E-state index is 12.9. The van der Waals surface area contributed by atoms with Gasteiger partial charge >= 0.3 is 6.18 Å². The number of fused-ring (bicyclic) bond motifs is 1. The SMILES string of the molecule is NC1SC(c2ccc3[nH]ncc3c2)=NN1C[C@H](N)Cc1cccc(C(F)(F)F)c1. The summed E-state index contributed by atoms with van der Waals surface area (Å²) in [7, 11) is 0. The number of nitrogens with zero attached hydrogens (tertiary/aromatic N) is 3. The highest BCUT2D eigenvalue weighted by atomic mass is 32.2. The minimum Gasteiger partial charge on any atom is -0.326 e. The minimum atomic E-state index is -4.37. The van der Waals surface area contributed by atoms with Crippen LogP contribution in [0.1, 0.15) is 16.7 Å². The van der Waals surface area contributed by atoms with Crippen molar-refractivity contribution in [1.29, 1.82) is 0 Å². The van der Waals surface area contributed by atoms with Gasteiger partial charge in [0.25, 0.3) is 0 Å². The van der Waals surface area contributed by atoms with Crippen LogP contribution in [0.2, 0.25) is 0 Å². The van der Waals surface area contributed by atoms with Crippen LogP contribution in [-0.2, 0) is 12.6 Å². The summed E-state index contributed by atoms with van der Waals surface area (Å²) in [6, 6.07) is 10.6. The molecule has 2 heterocycles. The Hall–Kier alpha value is -2.56. The van der Waals surface area contributed by atoms with Gasteiger partial charge in [0.2, 0.25) is 0 Å². The van der Waals surface area contributed by atoms with Gasteiger partial charge in [-0.15, -0.1) is 0 Å². The van der Waals surface area contributed by atoms with Crippen LogP contribution in [0.3, 0.4) is 0 Å². The maximum absolute atomic E-state index is 12.9. The molecule has 152 valence electrons. The molecule has 1 unspecified atom stereocenters. The molecule has 0 aliphatic carbocycles. The maximum Gasteiger partial charge on any atom is 0.416 e. The number of benzene rings is 2. The van der Waals surface area contributed by atoms with E-state index in [9.17, 15) is 13.2 Å². The first-order valence-electron chi connectivity index (χ1n) is 8.92. The van der Waals surface area contributed by atoms with Gasteiger partial charge in [-0.05, 0) is 30.2 Å². The van der Waals surface area contributed by atoms with Crippen molar-refractivity contribution >= 4 is 27.7 Å². The highest BCUT2D eigenvalue weighted by Gasteiger charge is 2.31. The van der Waals surface area contributed by atoms with Crippen LogP contribution in [0.15, 0.2) is 53.8 Å². The van der Waals surface area contributed by atoms with Gasteiger partial charge in [0.05, 0.1) is 23.8 Å². The Labute approximate surface area is 169 Å². The van der Waals surface area contributed by atoms with Crippen molar-refractivity contribution in [3.8, 4) is 0 Å². The highest BCUT2D eigenvalue weighted by Crippen LogP contribution is 2.30. The summed E-state index contributed by atoms with van der Waals surface area (Å²) in [4.78, 5) is 0. The molecule has 0 saturated carbocycles. The lowest BCUT2D eigenvalue weighted by Crippen LogP contribution is -2.42. The molecule has 0 spiro atoms. The molecule has 10 heteroatoms. The molecule has 1 aliphatic heterocycles. The van der Waals surface area contributed by atoms with Gasteiger partial charge in [0.15, 0.2) is 0 Å². The number of H-pyrrole nitrogens is 1. The summed E-state index contributed by atoms with van der Waals surface area (Å²) in [5.74, 6) is 0. The molecule has 0 saturated heterocycles. The molecular weight excluding hydrogens is 401 g/mol. The first-order chi connectivity index (χ1) is 13.8. The molecule has 5 N–H and O–H groups in total. The first kappa shape index (κ1) is 19.7. The van der Waals surface area contributed by atoms with E-state index in [1.807, 2.05) is 18.2 Å². The molecule has 0 bridgehead atoms. The summed E-state index contributed by atoms with van der Waals surface area (Å²) >= 11 is 1.41. The number of nitrogens with one attached hydrogen (secondary N) is 1. The molecule has 4 rings (SSSR count). The van der Waals surface area contributed by atoms with Gasteiger partial charge in [0.1, 0.15) is 10.5 Å². The first-order valence-corrected chi connectivity index (χ1v) is 9.80. The van der Waals surface area contributed by atoms with E-state index in [1.165, 1.54) is 17.8 Å². The number of thioether (sulfide) groups is 1. The lowest BCUT2D eigenvalue weighted by Gasteiger charge is -2.23. The second-order valence-corrected chi connectivity index (χ2v) is 7.98. The molecule has 2 atom stereocenters. The third-order valence-electron chi connectivity index (χ3n) is 4.61. The summed E-state index contributed by atoms with van der Waals surface area (Å²) < 4.78 is 38.6. The Kier molecular flexibility index (Phi) is 5.24. The molecule has 6 nitrogen and oxygen atoms in total. The van der Waals surface area contributed by atoms with Crippen molar-refractivity contribution in [3.05, 3.63) is 65.4 Å². The summed E-state index contributed by atoms with van der Waals surface area (Å²) in [6.07, 6.45) is -2.34. The molecule has 0 radical (unpaired) electrons. The van der Waals surface area contributed by atoms with Crippen LogP contribution < -0.4 is 11.5 Å². The third kappa shape index (κ3) is 4.39. The van der Waals surface area contributed by atoms with Crippen LogP contribution in [-0.4, -0.2) is 38.3 Å². The smallest absolute Gasteiger partial charge is 0.326 e. The van der Waals surface area contributed by atoms with Crippen molar-refractivity contribution < 1.29 is 13.2 Å². The zero-order valence-corrected chi connectivity index (χ0v) is 16.0. The van der Waals surface area contributed by atoms with E-state index in [4.69, 9.17) is 11.5 Å². The van der Waals surface area contributed by atoms with Crippen LogP contribution in [0.4, 0.5) is 13.2 Å². The molecule has 1 aliphatic rings. The Bertz CT molecular complexity index is 1050. The molecule has 1 aromatic heterocycles. The van der Waals surface area contributed by atoms with Gasteiger partial charge in [-0.2, -0.15) is 23.4 Å². The number of aromatic nitrogens is 2. The topological polar surface area (TPSA) is 96.3 Å². The van der Waals surface area contributed by atoms with Crippen molar-refractivity contribution in [2.75, 3.05) is 6.54 Å². The zero-order chi connectivity index (χ0) is 20.6. The second kappa shape index (κ2) is 7.69. The summed E-state index contributed by atoms with van der Waals surface area (Å²) in [5, 5.41) is 14.9. The number of halogens is 3. The molecular formula is C19H19F3N6S. The van der Waals surface area contributed by atoms with E-state index in [0.29, 0.717) is 18.5 Å². The number of aromatic amines is 1. The van der Waals surface area contributed by atoms with Crippen LogP contribution in [0.25, 0.3) is 10.9 Å². The Balaban J connectivity index is 1.44. The molecule has 0 fully saturated rings. The van der Waals surface area contributed by atoms with Gasteiger partial charge in [-0.3, -0.25) is 10.1 Å². The molecule has 0 amide bonds. The van der Waals surface area contributed by atoms with E-state index in [2.05, 4.69) is 15.3 Å². The fourth-order valence-electron chi connectivity index (χ4n) is 3.20. The van der Waals surface area contributed by atoms with Crippen molar-refractivity contribution in [1.82, 2.24) is 15.2 Å². The molecule has 2 aromatic carbocycles. The number of alkyl halides is 3. The number of nitrogens with two attached hydrogens (primary N) is 2. The van der Waals surface area contributed by atoms with E-state index in [0.717, 1.165) is 33.6 Å². The Morgan fingerprint density at radius 2 is 2.03 bits per heavy atom. The molecule has 3 aromatic rings. The van der Waals surface area contributed by atoms with E-state index in [1.54, 1.807) is 17.3 Å². The van der Waals surface area contributed by atoms with Gasteiger partial charge < -0.3 is 11.5 Å². The second-order valence-electron chi connectivity index (χ2n) is 6.87. The van der Waals surface area contributed by atoms with E-state index < -0.39 is 23.3 Å². The van der Waals surface area contributed by atoms with Crippen LogP contribution in [0.5, 0.6) is 0 Å². The zero-order valence-electron chi connectivity index (χ0n) is 15.2. The Morgan fingerprint density at radius 3 is 2.83 bits per heavy atom. The largest absolute Gasteiger partial charge is 0.416 e. The number of hydrogen-bond donors (Lipinski definition) is 3. The van der Waals surface area contributed by atoms with Gasteiger partial charge in [-0.25, -0.2) is 0 Å². The average molecular weight is 420 g/mol. The van der Waals surface area contributed by atoms with Crippen LogP contribution in [0, 0.1) is 0 Å². The lowest BCUT2D eigenvalue weighted by atomic mass is 10.0. The number of hydrazone groups is 1. The quantitative estimate of drug-likeness (QED) is 0.589. The summed E-state index contributed by atoms with van der Waals surface area (Å²) in [5.41, 5.74) is 13.7. The summed E-state index contributed by atoms with van der Waals surface area (Å²) in [6.45, 7) is 0.335. The van der Waals surface area contributed by atoms with Gasteiger partial charge in [-0.1, -0.05) is 36.0 Å². The van der Waals surface area contributed by atoms with Crippen molar-refractivity contribution in [2.24, 2.45) is 16.6 Å². The minimum absolute atomic E-state index is 0.295. The fraction of sp³-hybridized carbons (Fsp3) is 0.263. The normalized spacial score (nSPS) is 18.3. The average Bonchev–Trinajstić information content (AvgIpc) is 3.27. The van der Waals surface area contributed by atoms with Crippen molar-refractivity contribution in [3.63, 3.8) is 0 Å². The third-order valence-corrected chi connectivity index (χ3v) is 5.63.